The number of carbonyl (C=O) groups excluding carboxylic acids is 1. The molecule has 1 heterocycles. The number of hydrogen-bond acceptors (Lipinski definition) is 5. The zero-order valence-corrected chi connectivity index (χ0v) is 25.4. The van der Waals surface area contributed by atoms with E-state index in [1.165, 1.54) is 37.3 Å². The SMILES string of the molecule is O=C(CCC1CCCC1)Nc1ccc(N2CCN(c3ccccc3F)CC2)c(S(=O)(=O)N[C@@H]2CCCc3ccccc32)c1. The minimum Gasteiger partial charge on any atom is -0.367 e. The van der Waals surface area contributed by atoms with Crippen molar-refractivity contribution in [2.24, 2.45) is 5.92 Å². The largest absolute Gasteiger partial charge is 0.367 e. The molecular formula is C34H41FN4O3S. The van der Waals surface area contributed by atoms with Crippen LogP contribution in [0.3, 0.4) is 0 Å². The third-order valence-electron chi connectivity index (χ3n) is 9.27. The summed E-state index contributed by atoms with van der Waals surface area (Å²) in [5.74, 6) is 0.259. The maximum atomic E-state index is 14.5. The average Bonchev–Trinajstić information content (AvgIpc) is 3.55. The first kappa shape index (κ1) is 29.6. The van der Waals surface area contributed by atoms with Crippen LogP contribution in [0, 0.1) is 11.7 Å². The van der Waals surface area contributed by atoms with Gasteiger partial charge in [0, 0.05) is 44.3 Å². The highest BCUT2D eigenvalue weighted by Gasteiger charge is 2.30. The van der Waals surface area contributed by atoms with Crippen molar-refractivity contribution in [3.8, 4) is 0 Å². The Labute approximate surface area is 254 Å². The van der Waals surface area contributed by atoms with E-state index in [4.69, 9.17) is 0 Å². The molecule has 7 nitrogen and oxygen atoms in total. The number of nitrogens with one attached hydrogen (secondary N) is 2. The van der Waals surface area contributed by atoms with Crippen molar-refractivity contribution in [3.05, 3.63) is 83.7 Å². The standard InChI is InChI=1S/C34H41FN4O3S/c35-29-13-5-6-15-31(29)38-20-22-39(23-21-38)32-18-17-27(36-34(40)19-16-25-8-1-2-9-25)24-33(32)43(41,42)37-30-14-7-11-26-10-3-4-12-28(26)30/h3-6,10,12-13,15,17-18,24-25,30,37H,1-2,7-9,11,14,16,19-23H2,(H,36,40)/t30-/m1/s1. The third-order valence-corrected chi connectivity index (χ3v) is 10.8. The molecule has 3 aliphatic rings. The van der Waals surface area contributed by atoms with Crippen molar-refractivity contribution >= 4 is 33.0 Å². The number of rotatable bonds is 9. The number of benzene rings is 3. The molecule has 3 aromatic carbocycles. The second-order valence-corrected chi connectivity index (χ2v) is 13.8. The van der Waals surface area contributed by atoms with Gasteiger partial charge in [0.05, 0.1) is 11.4 Å². The predicted octanol–water partition coefficient (Wildman–Crippen LogP) is 6.42. The van der Waals surface area contributed by atoms with Crippen LogP contribution >= 0.6 is 0 Å². The number of aryl methyl sites for hydroxylation is 1. The highest BCUT2D eigenvalue weighted by molar-refractivity contribution is 7.89. The fraction of sp³-hybridized carbons (Fsp3) is 0.441. The lowest BCUT2D eigenvalue weighted by Gasteiger charge is -2.38. The summed E-state index contributed by atoms with van der Waals surface area (Å²) in [7, 11) is -3.96. The van der Waals surface area contributed by atoms with Crippen LogP contribution in [0.2, 0.25) is 0 Å². The molecule has 43 heavy (non-hydrogen) atoms. The second kappa shape index (κ2) is 13.1. The number of amides is 1. The van der Waals surface area contributed by atoms with Gasteiger partial charge in [-0.2, -0.15) is 0 Å². The smallest absolute Gasteiger partial charge is 0.243 e. The topological polar surface area (TPSA) is 81.8 Å². The highest BCUT2D eigenvalue weighted by atomic mass is 32.2. The van der Waals surface area contributed by atoms with E-state index in [2.05, 4.69) is 16.1 Å². The van der Waals surface area contributed by atoms with E-state index in [1.54, 1.807) is 30.3 Å². The normalized spacial score (nSPS) is 19.3. The van der Waals surface area contributed by atoms with Gasteiger partial charge in [-0.3, -0.25) is 4.79 Å². The van der Waals surface area contributed by atoms with Crippen molar-refractivity contribution in [1.82, 2.24) is 4.72 Å². The molecular weight excluding hydrogens is 563 g/mol. The minimum absolute atomic E-state index is 0.0873. The van der Waals surface area contributed by atoms with E-state index < -0.39 is 10.0 Å². The van der Waals surface area contributed by atoms with E-state index in [0.717, 1.165) is 31.2 Å². The summed E-state index contributed by atoms with van der Waals surface area (Å²) in [5.41, 5.74) is 3.83. The molecule has 228 valence electrons. The highest BCUT2D eigenvalue weighted by Crippen LogP contribution is 2.35. The summed E-state index contributed by atoms with van der Waals surface area (Å²) >= 11 is 0. The number of piperazine rings is 1. The summed E-state index contributed by atoms with van der Waals surface area (Å²) in [5, 5.41) is 2.96. The fourth-order valence-corrected chi connectivity index (χ4v) is 8.45. The Kier molecular flexibility index (Phi) is 9.00. The summed E-state index contributed by atoms with van der Waals surface area (Å²) in [4.78, 5) is 17.0. The molecule has 9 heteroatoms. The number of sulfonamides is 1. The second-order valence-electron chi connectivity index (χ2n) is 12.1. The van der Waals surface area contributed by atoms with Crippen LogP contribution in [-0.2, 0) is 21.2 Å². The van der Waals surface area contributed by atoms with Gasteiger partial charge < -0.3 is 15.1 Å². The van der Waals surface area contributed by atoms with E-state index in [0.29, 0.717) is 55.6 Å². The molecule has 2 aliphatic carbocycles. The Morgan fingerprint density at radius 3 is 2.30 bits per heavy atom. The Balaban J connectivity index is 1.24. The monoisotopic (exact) mass is 604 g/mol. The lowest BCUT2D eigenvalue weighted by molar-refractivity contribution is -0.116. The summed E-state index contributed by atoms with van der Waals surface area (Å²) in [6, 6.07) is 19.6. The van der Waals surface area contributed by atoms with E-state index >= 15 is 0 Å². The van der Waals surface area contributed by atoms with Crippen molar-refractivity contribution in [2.45, 2.75) is 68.7 Å². The first-order valence-corrected chi connectivity index (χ1v) is 17.1. The van der Waals surface area contributed by atoms with Crippen LogP contribution in [0.25, 0.3) is 0 Å². The zero-order chi connectivity index (χ0) is 29.8. The molecule has 0 aromatic heterocycles. The van der Waals surface area contributed by atoms with Gasteiger partial charge in [-0.05, 0) is 73.1 Å². The predicted molar refractivity (Wildman–Crippen MR) is 170 cm³/mol. The number of para-hydroxylation sites is 1. The lowest BCUT2D eigenvalue weighted by atomic mass is 9.88. The van der Waals surface area contributed by atoms with Crippen LogP contribution in [-0.4, -0.2) is 40.5 Å². The molecule has 1 saturated heterocycles. The maximum Gasteiger partial charge on any atom is 0.243 e. The summed E-state index contributed by atoms with van der Waals surface area (Å²) in [6.45, 7) is 2.19. The van der Waals surface area contributed by atoms with Crippen LogP contribution < -0.4 is 19.8 Å². The van der Waals surface area contributed by atoms with Gasteiger partial charge in [-0.1, -0.05) is 62.1 Å². The van der Waals surface area contributed by atoms with Crippen LogP contribution in [0.15, 0.2) is 71.6 Å². The zero-order valence-electron chi connectivity index (χ0n) is 24.6. The number of anilines is 3. The van der Waals surface area contributed by atoms with Gasteiger partial charge in [-0.25, -0.2) is 17.5 Å². The molecule has 0 unspecified atom stereocenters. The van der Waals surface area contributed by atoms with Gasteiger partial charge in [0.15, 0.2) is 0 Å². The summed E-state index contributed by atoms with van der Waals surface area (Å²) in [6.07, 6.45) is 8.72. The van der Waals surface area contributed by atoms with E-state index in [9.17, 15) is 17.6 Å². The molecule has 0 spiro atoms. The first-order chi connectivity index (χ1) is 20.9. The van der Waals surface area contributed by atoms with E-state index in [1.807, 2.05) is 34.1 Å². The third kappa shape index (κ3) is 6.88. The fourth-order valence-electron chi connectivity index (χ4n) is 6.95. The molecule has 6 rings (SSSR count). The van der Waals surface area contributed by atoms with Gasteiger partial charge in [0.25, 0.3) is 0 Å². The van der Waals surface area contributed by atoms with Crippen LogP contribution in [0.1, 0.15) is 68.5 Å². The number of hydrogen-bond donors (Lipinski definition) is 2. The van der Waals surface area contributed by atoms with Gasteiger partial charge in [-0.15, -0.1) is 0 Å². The van der Waals surface area contributed by atoms with Crippen LogP contribution in [0.4, 0.5) is 21.5 Å². The molecule has 1 saturated carbocycles. The van der Waals surface area contributed by atoms with Crippen molar-refractivity contribution in [2.75, 3.05) is 41.3 Å². The Morgan fingerprint density at radius 2 is 1.53 bits per heavy atom. The Morgan fingerprint density at radius 1 is 0.837 bits per heavy atom. The van der Waals surface area contributed by atoms with Crippen LogP contribution in [0.5, 0.6) is 0 Å². The number of halogens is 1. The maximum absolute atomic E-state index is 14.5. The minimum atomic E-state index is -3.96. The molecule has 0 radical (unpaired) electrons. The molecule has 1 amide bonds. The quantitative estimate of drug-likeness (QED) is 0.295. The molecule has 0 bridgehead atoms. The van der Waals surface area contributed by atoms with Crippen molar-refractivity contribution in [3.63, 3.8) is 0 Å². The number of nitrogens with zero attached hydrogens (tertiary/aromatic N) is 2. The lowest BCUT2D eigenvalue weighted by Crippen LogP contribution is -2.47. The van der Waals surface area contributed by atoms with Gasteiger partial charge in [0.1, 0.15) is 10.7 Å². The van der Waals surface area contributed by atoms with E-state index in [-0.39, 0.29) is 22.7 Å². The molecule has 3 aromatic rings. The molecule has 2 fully saturated rings. The molecule has 2 N–H and O–H groups in total. The number of fused-ring (bicyclic) bond motifs is 1. The average molecular weight is 605 g/mol. The Hall–Kier alpha value is -3.43. The molecule has 1 aliphatic heterocycles. The first-order valence-electron chi connectivity index (χ1n) is 15.7. The van der Waals surface area contributed by atoms with Gasteiger partial charge in [0.2, 0.25) is 15.9 Å². The number of carbonyl (C=O) groups is 1. The van der Waals surface area contributed by atoms with Gasteiger partial charge >= 0.3 is 0 Å². The Bertz CT molecular complexity index is 1550. The summed E-state index contributed by atoms with van der Waals surface area (Å²) < 4.78 is 45.7. The molecule has 1 atom stereocenters. The van der Waals surface area contributed by atoms with Crippen molar-refractivity contribution < 1.29 is 17.6 Å². The van der Waals surface area contributed by atoms with Crippen molar-refractivity contribution in [1.29, 1.82) is 0 Å².